The van der Waals surface area contributed by atoms with Crippen LogP contribution < -0.4 is 11.1 Å². The van der Waals surface area contributed by atoms with Gasteiger partial charge in [0, 0.05) is 0 Å². The molecule has 0 aliphatic heterocycles. The number of hydrogen-bond donors (Lipinski definition) is 2. The molecule has 5 nitrogen and oxygen atoms in total. The van der Waals surface area contributed by atoms with E-state index in [9.17, 15) is 9.59 Å². The zero-order valence-electron chi connectivity index (χ0n) is 11.4. The predicted octanol–water partition coefficient (Wildman–Crippen LogP) is 1.65. The fourth-order valence-corrected chi connectivity index (χ4v) is 1.97. The van der Waals surface area contributed by atoms with Crippen LogP contribution in [0.4, 0.5) is 4.79 Å². The van der Waals surface area contributed by atoms with Gasteiger partial charge in [-0.1, -0.05) is 43.7 Å². The van der Waals surface area contributed by atoms with Gasteiger partial charge in [-0.25, -0.2) is 4.79 Å². The Morgan fingerprint density at radius 3 is 2.47 bits per heavy atom. The summed E-state index contributed by atoms with van der Waals surface area (Å²) in [5.41, 5.74) is 5.87. The number of likely N-dealkylation sites (N-methyl/N-ethyl adjacent to an activating group) is 1. The smallest absolute Gasteiger partial charge is 0.318 e. The average molecular weight is 263 g/mol. The molecule has 1 aromatic rings. The molecule has 0 saturated carbocycles. The summed E-state index contributed by atoms with van der Waals surface area (Å²) >= 11 is 0. The maximum absolute atomic E-state index is 12.1. The van der Waals surface area contributed by atoms with Crippen LogP contribution in [0.25, 0.3) is 0 Å². The number of urea groups is 1. The lowest BCUT2D eigenvalue weighted by Gasteiger charge is -2.26. The number of amides is 3. The first-order valence-electron chi connectivity index (χ1n) is 6.41. The van der Waals surface area contributed by atoms with Crippen LogP contribution in [0.5, 0.6) is 0 Å². The van der Waals surface area contributed by atoms with Gasteiger partial charge in [0.05, 0.1) is 0 Å². The number of imide groups is 1. The molecule has 1 aromatic carbocycles. The molecule has 19 heavy (non-hydrogen) atoms. The number of unbranched alkanes of at least 4 members (excludes halogenated alkanes) is 1. The van der Waals surface area contributed by atoms with Gasteiger partial charge < -0.3 is 5.73 Å². The third-order valence-electron chi connectivity index (χ3n) is 2.92. The Morgan fingerprint density at radius 2 is 1.95 bits per heavy atom. The number of nitrogens with one attached hydrogen (secondary N) is 1. The molecule has 0 aliphatic carbocycles. The fourth-order valence-electron chi connectivity index (χ4n) is 1.97. The van der Waals surface area contributed by atoms with Crippen molar-refractivity contribution in [3.05, 3.63) is 35.9 Å². The summed E-state index contributed by atoms with van der Waals surface area (Å²) in [5, 5.41) is 2.16. The maximum atomic E-state index is 12.1. The quantitative estimate of drug-likeness (QED) is 0.819. The average Bonchev–Trinajstić information content (AvgIpc) is 2.37. The van der Waals surface area contributed by atoms with E-state index in [0.717, 1.165) is 24.9 Å². The molecular weight excluding hydrogens is 242 g/mol. The number of hydrogen-bond acceptors (Lipinski definition) is 3. The number of carbonyl (C=O) groups excluding carboxylic acids is 2. The highest BCUT2D eigenvalue weighted by molar-refractivity contribution is 5.96. The first kappa shape index (κ1) is 15.2. The van der Waals surface area contributed by atoms with Gasteiger partial charge in [0.25, 0.3) is 0 Å². The van der Waals surface area contributed by atoms with E-state index >= 15 is 0 Å². The van der Waals surface area contributed by atoms with Gasteiger partial charge in [0.2, 0.25) is 5.91 Å². The van der Waals surface area contributed by atoms with Crippen molar-refractivity contribution in [2.75, 3.05) is 13.6 Å². The van der Waals surface area contributed by atoms with Gasteiger partial charge >= 0.3 is 6.03 Å². The summed E-state index contributed by atoms with van der Waals surface area (Å²) in [4.78, 5) is 24.9. The normalized spacial score (nSPS) is 12.2. The second-order valence-corrected chi connectivity index (χ2v) is 4.50. The molecular formula is C14H21N3O2. The Labute approximate surface area is 113 Å². The summed E-state index contributed by atoms with van der Waals surface area (Å²) in [5.74, 6) is -0.391. The highest BCUT2D eigenvalue weighted by atomic mass is 16.2. The monoisotopic (exact) mass is 263 g/mol. The van der Waals surface area contributed by atoms with Crippen molar-refractivity contribution in [1.82, 2.24) is 10.2 Å². The van der Waals surface area contributed by atoms with Gasteiger partial charge in [0.15, 0.2) is 0 Å². The number of nitrogens with two attached hydrogens (primary N) is 1. The second-order valence-electron chi connectivity index (χ2n) is 4.50. The summed E-state index contributed by atoms with van der Waals surface area (Å²) in [6.45, 7) is 2.87. The minimum absolute atomic E-state index is 0.391. The van der Waals surface area contributed by atoms with E-state index in [0.29, 0.717) is 0 Å². The molecule has 1 atom stereocenters. The second kappa shape index (κ2) is 7.53. The number of carbonyl (C=O) groups is 2. The predicted molar refractivity (Wildman–Crippen MR) is 74.4 cm³/mol. The van der Waals surface area contributed by atoms with Crippen molar-refractivity contribution in [3.63, 3.8) is 0 Å². The molecule has 0 aliphatic rings. The molecule has 3 N–H and O–H groups in total. The van der Waals surface area contributed by atoms with Crippen molar-refractivity contribution in [2.45, 2.75) is 25.8 Å². The molecule has 0 saturated heterocycles. The summed E-state index contributed by atoms with van der Waals surface area (Å²) in [7, 11) is 1.87. The lowest BCUT2D eigenvalue weighted by atomic mass is 10.0. The number of rotatable bonds is 6. The van der Waals surface area contributed by atoms with Crippen molar-refractivity contribution in [1.29, 1.82) is 0 Å². The maximum Gasteiger partial charge on any atom is 0.318 e. The minimum atomic E-state index is -0.824. The van der Waals surface area contributed by atoms with E-state index in [1.807, 2.05) is 42.3 Å². The third kappa shape index (κ3) is 4.71. The standard InChI is InChI=1S/C14H21N3O2/c1-3-4-10-17(2)12(13(18)16-14(15)19)11-8-6-5-7-9-11/h5-9,12H,3-4,10H2,1-2H3,(H3,15,16,18,19)/t12-/m0/s1. The number of primary amides is 1. The lowest BCUT2D eigenvalue weighted by Crippen LogP contribution is -2.43. The Balaban J connectivity index is 2.90. The zero-order chi connectivity index (χ0) is 14.3. The van der Waals surface area contributed by atoms with E-state index in [1.54, 1.807) is 0 Å². The topological polar surface area (TPSA) is 75.4 Å². The number of benzene rings is 1. The highest BCUT2D eigenvalue weighted by Crippen LogP contribution is 2.19. The van der Waals surface area contributed by atoms with Gasteiger partial charge in [-0.2, -0.15) is 0 Å². The van der Waals surface area contributed by atoms with E-state index < -0.39 is 18.0 Å². The molecule has 0 aromatic heterocycles. The summed E-state index contributed by atoms with van der Waals surface area (Å²) in [6.07, 6.45) is 2.03. The Hall–Kier alpha value is -1.88. The molecule has 0 fully saturated rings. The first-order chi connectivity index (χ1) is 9.06. The Bertz CT molecular complexity index is 420. The molecule has 0 heterocycles. The van der Waals surface area contributed by atoms with Gasteiger partial charge in [0.1, 0.15) is 6.04 Å². The summed E-state index contributed by atoms with van der Waals surface area (Å²) < 4.78 is 0. The van der Waals surface area contributed by atoms with Crippen molar-refractivity contribution in [2.24, 2.45) is 5.73 Å². The van der Waals surface area contributed by atoms with Crippen LogP contribution in [0.1, 0.15) is 31.4 Å². The van der Waals surface area contributed by atoms with Crippen molar-refractivity contribution in [3.8, 4) is 0 Å². The Kier molecular flexibility index (Phi) is 6.02. The van der Waals surface area contributed by atoms with Gasteiger partial charge in [-0.15, -0.1) is 0 Å². The number of nitrogens with zero attached hydrogens (tertiary/aromatic N) is 1. The third-order valence-corrected chi connectivity index (χ3v) is 2.92. The fraction of sp³-hybridized carbons (Fsp3) is 0.429. The highest BCUT2D eigenvalue weighted by Gasteiger charge is 2.25. The van der Waals surface area contributed by atoms with Crippen LogP contribution in [0, 0.1) is 0 Å². The minimum Gasteiger partial charge on any atom is -0.351 e. The molecule has 0 spiro atoms. The first-order valence-corrected chi connectivity index (χ1v) is 6.41. The summed E-state index contributed by atoms with van der Waals surface area (Å²) in [6, 6.07) is 8.04. The van der Waals surface area contributed by atoms with Crippen LogP contribution in [0.3, 0.4) is 0 Å². The molecule has 5 heteroatoms. The van der Waals surface area contributed by atoms with E-state index in [4.69, 9.17) is 5.73 Å². The molecule has 104 valence electrons. The molecule has 0 radical (unpaired) electrons. The van der Waals surface area contributed by atoms with Crippen LogP contribution in [0.2, 0.25) is 0 Å². The van der Waals surface area contributed by atoms with Crippen molar-refractivity contribution < 1.29 is 9.59 Å². The SMILES string of the molecule is CCCCN(C)[C@H](C(=O)NC(N)=O)c1ccccc1. The molecule has 3 amide bonds. The Morgan fingerprint density at radius 1 is 1.32 bits per heavy atom. The van der Waals surface area contributed by atoms with E-state index in [-0.39, 0.29) is 0 Å². The zero-order valence-corrected chi connectivity index (χ0v) is 11.4. The van der Waals surface area contributed by atoms with Crippen LogP contribution >= 0.6 is 0 Å². The van der Waals surface area contributed by atoms with Crippen LogP contribution in [0.15, 0.2) is 30.3 Å². The largest absolute Gasteiger partial charge is 0.351 e. The lowest BCUT2D eigenvalue weighted by molar-refractivity contribution is -0.125. The van der Waals surface area contributed by atoms with Crippen molar-refractivity contribution >= 4 is 11.9 Å². The van der Waals surface area contributed by atoms with Crippen LogP contribution in [-0.4, -0.2) is 30.4 Å². The van der Waals surface area contributed by atoms with Gasteiger partial charge in [-0.05, 0) is 25.6 Å². The molecule has 0 bridgehead atoms. The van der Waals surface area contributed by atoms with E-state index in [1.165, 1.54) is 0 Å². The van der Waals surface area contributed by atoms with Crippen LogP contribution in [-0.2, 0) is 4.79 Å². The van der Waals surface area contributed by atoms with E-state index in [2.05, 4.69) is 12.2 Å². The molecule has 1 rings (SSSR count). The molecule has 0 unspecified atom stereocenters. The van der Waals surface area contributed by atoms with Gasteiger partial charge in [-0.3, -0.25) is 15.0 Å².